The number of methoxy groups -OCH3 is 2. The highest BCUT2D eigenvalue weighted by Crippen LogP contribution is 2.33. The summed E-state index contributed by atoms with van der Waals surface area (Å²) in [5, 5.41) is 0. The fourth-order valence-corrected chi connectivity index (χ4v) is 4.38. The van der Waals surface area contributed by atoms with E-state index in [1.165, 1.54) is 11.6 Å². The molecule has 0 aliphatic carbocycles. The van der Waals surface area contributed by atoms with E-state index in [0.29, 0.717) is 36.8 Å². The molecule has 1 aliphatic rings. The molecule has 4 rings (SSSR count). The van der Waals surface area contributed by atoms with Gasteiger partial charge in [0.1, 0.15) is 5.82 Å². The van der Waals surface area contributed by atoms with Crippen molar-refractivity contribution in [2.24, 2.45) is 5.73 Å². The second-order valence-corrected chi connectivity index (χ2v) is 8.35. The van der Waals surface area contributed by atoms with E-state index in [2.05, 4.69) is 4.90 Å². The number of amides is 2. The topological polar surface area (TPSA) is 85.1 Å². The fraction of sp³-hybridized carbons (Fsp3) is 0.259. The Balaban J connectivity index is 1.57. The molecule has 0 unspecified atom stereocenters. The molecule has 0 bridgehead atoms. The normalized spacial score (nSPS) is 13.1. The Morgan fingerprint density at radius 1 is 0.971 bits per heavy atom. The van der Waals surface area contributed by atoms with Crippen LogP contribution in [0.4, 0.5) is 10.1 Å². The smallest absolute Gasteiger partial charge is 0.259 e. The third kappa shape index (κ3) is 5.27. The second-order valence-electron chi connectivity index (χ2n) is 8.35. The molecular formula is C27H28FN3O4. The maximum atomic E-state index is 14.0. The van der Waals surface area contributed by atoms with Gasteiger partial charge >= 0.3 is 0 Å². The molecule has 0 radical (unpaired) electrons. The van der Waals surface area contributed by atoms with Crippen LogP contribution >= 0.6 is 0 Å². The molecule has 1 aliphatic heterocycles. The SMILES string of the molecule is COc1cc2c(cc1OC)CN(CCN(C(=O)c1cc(F)ccc1C(N)=O)c1ccccc1)CC2. The van der Waals surface area contributed by atoms with Crippen molar-refractivity contribution >= 4 is 17.5 Å². The molecule has 2 amide bonds. The Morgan fingerprint density at radius 2 is 1.66 bits per heavy atom. The molecule has 182 valence electrons. The third-order valence-electron chi connectivity index (χ3n) is 6.23. The van der Waals surface area contributed by atoms with Crippen LogP contribution in [0.25, 0.3) is 0 Å². The van der Waals surface area contributed by atoms with E-state index in [1.807, 2.05) is 42.5 Å². The number of ether oxygens (including phenoxy) is 2. The van der Waals surface area contributed by atoms with Crippen molar-refractivity contribution in [3.8, 4) is 11.5 Å². The average molecular weight is 478 g/mol. The number of hydrogen-bond donors (Lipinski definition) is 1. The first-order valence-corrected chi connectivity index (χ1v) is 11.3. The van der Waals surface area contributed by atoms with E-state index in [0.717, 1.165) is 30.7 Å². The Bertz CT molecular complexity index is 1230. The number of carbonyl (C=O) groups is 2. The Morgan fingerprint density at radius 3 is 2.31 bits per heavy atom. The van der Waals surface area contributed by atoms with Gasteiger partial charge < -0.3 is 20.1 Å². The van der Waals surface area contributed by atoms with E-state index in [9.17, 15) is 14.0 Å². The predicted molar refractivity (Wildman–Crippen MR) is 132 cm³/mol. The lowest BCUT2D eigenvalue weighted by Gasteiger charge is -2.32. The highest BCUT2D eigenvalue weighted by molar-refractivity contribution is 6.12. The van der Waals surface area contributed by atoms with Gasteiger partial charge in [0, 0.05) is 31.9 Å². The summed E-state index contributed by atoms with van der Waals surface area (Å²) in [7, 11) is 3.23. The fourth-order valence-electron chi connectivity index (χ4n) is 4.38. The van der Waals surface area contributed by atoms with Gasteiger partial charge in [-0.25, -0.2) is 4.39 Å². The minimum atomic E-state index is -0.779. The minimum Gasteiger partial charge on any atom is -0.493 e. The van der Waals surface area contributed by atoms with Gasteiger partial charge in [-0.15, -0.1) is 0 Å². The van der Waals surface area contributed by atoms with Gasteiger partial charge in [-0.1, -0.05) is 18.2 Å². The lowest BCUT2D eigenvalue weighted by atomic mass is 9.98. The summed E-state index contributed by atoms with van der Waals surface area (Å²) in [5.74, 6) is -0.477. The van der Waals surface area contributed by atoms with Gasteiger partial charge in [0.05, 0.1) is 25.3 Å². The number of nitrogens with two attached hydrogens (primary N) is 1. The minimum absolute atomic E-state index is 0.00901. The molecule has 1 heterocycles. The molecule has 0 aromatic heterocycles. The molecule has 3 aromatic rings. The average Bonchev–Trinajstić information content (AvgIpc) is 2.88. The molecule has 0 saturated heterocycles. The lowest BCUT2D eigenvalue weighted by molar-refractivity contribution is 0.0957. The molecule has 0 fully saturated rings. The zero-order chi connectivity index (χ0) is 24.9. The number of benzene rings is 3. The number of rotatable bonds is 8. The van der Waals surface area contributed by atoms with E-state index >= 15 is 0 Å². The van der Waals surface area contributed by atoms with Crippen molar-refractivity contribution in [1.29, 1.82) is 0 Å². The summed E-state index contributed by atoms with van der Waals surface area (Å²) < 4.78 is 24.9. The van der Waals surface area contributed by atoms with Crippen molar-refractivity contribution in [2.45, 2.75) is 13.0 Å². The molecule has 7 nitrogen and oxygen atoms in total. The van der Waals surface area contributed by atoms with Crippen LogP contribution in [-0.2, 0) is 13.0 Å². The molecule has 35 heavy (non-hydrogen) atoms. The van der Waals surface area contributed by atoms with E-state index < -0.39 is 17.6 Å². The van der Waals surface area contributed by atoms with Crippen molar-refractivity contribution in [2.75, 3.05) is 38.8 Å². The molecule has 0 atom stereocenters. The number of primary amides is 1. The van der Waals surface area contributed by atoms with Crippen molar-refractivity contribution in [1.82, 2.24) is 4.90 Å². The number of halogens is 1. The van der Waals surface area contributed by atoms with Crippen LogP contribution in [-0.4, -0.2) is 50.6 Å². The lowest BCUT2D eigenvalue weighted by Crippen LogP contribution is -2.41. The largest absolute Gasteiger partial charge is 0.493 e. The number of fused-ring (bicyclic) bond motifs is 1. The van der Waals surface area contributed by atoms with E-state index in [1.54, 1.807) is 19.1 Å². The molecule has 8 heteroatoms. The van der Waals surface area contributed by atoms with Gasteiger partial charge in [-0.3, -0.25) is 14.5 Å². The maximum Gasteiger partial charge on any atom is 0.259 e. The van der Waals surface area contributed by atoms with Crippen LogP contribution in [0, 0.1) is 5.82 Å². The van der Waals surface area contributed by atoms with Crippen molar-refractivity contribution in [3.05, 3.63) is 88.7 Å². The zero-order valence-corrected chi connectivity index (χ0v) is 19.8. The van der Waals surface area contributed by atoms with Crippen LogP contribution in [0.1, 0.15) is 31.8 Å². The summed E-state index contributed by atoms with van der Waals surface area (Å²) in [6.07, 6.45) is 0.838. The number of nitrogens with zero attached hydrogens (tertiary/aromatic N) is 2. The molecule has 2 N–H and O–H groups in total. The van der Waals surface area contributed by atoms with E-state index in [-0.39, 0.29) is 11.1 Å². The van der Waals surface area contributed by atoms with Crippen LogP contribution in [0.15, 0.2) is 60.7 Å². The summed E-state index contributed by atoms with van der Waals surface area (Å²) in [4.78, 5) is 29.3. The first-order chi connectivity index (χ1) is 16.9. The standard InChI is InChI=1S/C27H28FN3O4/c1-34-24-14-18-10-11-30(17-19(18)15-25(24)35-2)12-13-31(21-6-4-3-5-7-21)27(33)23-16-20(28)8-9-22(23)26(29)32/h3-9,14-16H,10-13,17H2,1-2H3,(H2,29,32). The zero-order valence-electron chi connectivity index (χ0n) is 19.8. The van der Waals surface area contributed by atoms with E-state index in [4.69, 9.17) is 15.2 Å². The summed E-state index contributed by atoms with van der Waals surface area (Å²) >= 11 is 0. The number of hydrogen-bond acceptors (Lipinski definition) is 5. The molecule has 3 aromatic carbocycles. The molecule has 0 spiro atoms. The Kier molecular flexibility index (Phi) is 7.31. The highest BCUT2D eigenvalue weighted by Gasteiger charge is 2.25. The molecular weight excluding hydrogens is 449 g/mol. The van der Waals surface area contributed by atoms with Gasteiger partial charge in [0.2, 0.25) is 5.91 Å². The van der Waals surface area contributed by atoms with Crippen LogP contribution in [0.3, 0.4) is 0 Å². The molecule has 0 saturated carbocycles. The predicted octanol–water partition coefficient (Wildman–Crippen LogP) is 3.65. The number of anilines is 1. The Hall–Kier alpha value is -3.91. The van der Waals surface area contributed by atoms with Crippen LogP contribution in [0.5, 0.6) is 11.5 Å². The maximum absolute atomic E-state index is 14.0. The number of carbonyl (C=O) groups excluding carboxylic acids is 2. The van der Waals surface area contributed by atoms with Crippen molar-refractivity contribution in [3.63, 3.8) is 0 Å². The second kappa shape index (κ2) is 10.6. The summed E-state index contributed by atoms with van der Waals surface area (Å²) in [6, 6.07) is 16.6. The number of para-hydroxylation sites is 1. The Labute approximate surface area is 203 Å². The van der Waals surface area contributed by atoms with Gasteiger partial charge in [0.15, 0.2) is 11.5 Å². The summed E-state index contributed by atoms with van der Waals surface area (Å²) in [5.41, 5.74) is 8.41. The van der Waals surface area contributed by atoms with Gasteiger partial charge in [-0.05, 0) is 60.0 Å². The monoisotopic (exact) mass is 477 g/mol. The highest BCUT2D eigenvalue weighted by atomic mass is 19.1. The van der Waals surface area contributed by atoms with Gasteiger partial charge in [0.25, 0.3) is 5.91 Å². The van der Waals surface area contributed by atoms with Crippen molar-refractivity contribution < 1.29 is 23.5 Å². The first kappa shape index (κ1) is 24.2. The third-order valence-corrected chi connectivity index (χ3v) is 6.23. The first-order valence-electron chi connectivity index (χ1n) is 11.3. The van der Waals surface area contributed by atoms with Crippen LogP contribution < -0.4 is 20.1 Å². The quantitative estimate of drug-likeness (QED) is 0.535. The summed E-state index contributed by atoms with van der Waals surface area (Å²) in [6.45, 7) is 2.43. The van der Waals surface area contributed by atoms with Crippen LogP contribution in [0.2, 0.25) is 0 Å². The van der Waals surface area contributed by atoms with Gasteiger partial charge in [-0.2, -0.15) is 0 Å².